The molecule has 0 radical (unpaired) electrons. The lowest BCUT2D eigenvalue weighted by atomic mass is 10.1. The molecule has 4 aromatic rings. The summed E-state index contributed by atoms with van der Waals surface area (Å²) < 4.78 is 5.34. The van der Waals surface area contributed by atoms with Crippen LogP contribution in [0.25, 0.3) is 21.9 Å². The van der Waals surface area contributed by atoms with Crippen molar-refractivity contribution in [1.82, 2.24) is 19.9 Å². The van der Waals surface area contributed by atoms with Crippen molar-refractivity contribution in [2.24, 2.45) is 5.92 Å². The van der Waals surface area contributed by atoms with Gasteiger partial charge in [-0.1, -0.05) is 18.2 Å². The molecule has 8 nitrogen and oxygen atoms in total. The largest absolute Gasteiger partial charge is 0.381 e. The summed E-state index contributed by atoms with van der Waals surface area (Å²) in [5.74, 6) is 1.08. The lowest BCUT2D eigenvalue weighted by Gasteiger charge is -2.12. The van der Waals surface area contributed by atoms with Crippen molar-refractivity contribution < 1.29 is 9.53 Å². The van der Waals surface area contributed by atoms with Gasteiger partial charge in [0.1, 0.15) is 11.3 Å². The number of carbonyl (C=O) groups excluding carboxylic acids is 1. The number of nitrogens with one attached hydrogen (secondary N) is 3. The number of rotatable bonds is 4. The summed E-state index contributed by atoms with van der Waals surface area (Å²) >= 11 is 0. The highest BCUT2D eigenvalue weighted by molar-refractivity contribution is 6.02. The van der Waals surface area contributed by atoms with Crippen LogP contribution < -0.4 is 10.6 Å². The number of fused-ring (bicyclic) bond motifs is 2. The van der Waals surface area contributed by atoms with Crippen LogP contribution in [0, 0.1) is 19.8 Å². The van der Waals surface area contributed by atoms with E-state index >= 15 is 0 Å². The average molecular weight is 402 g/mol. The van der Waals surface area contributed by atoms with E-state index in [0.29, 0.717) is 24.8 Å². The summed E-state index contributed by atoms with van der Waals surface area (Å²) in [5, 5.41) is 7.28. The molecule has 8 heteroatoms. The fourth-order valence-electron chi connectivity index (χ4n) is 3.78. The van der Waals surface area contributed by atoms with E-state index in [9.17, 15) is 4.79 Å². The lowest BCUT2D eigenvalue weighted by Crippen LogP contribution is -2.23. The number of aromatic nitrogens is 4. The molecule has 0 bridgehead atoms. The maximum Gasteiger partial charge on any atom is 0.229 e. The van der Waals surface area contributed by atoms with Crippen LogP contribution in [0.3, 0.4) is 0 Å². The molecular formula is C22H22N6O2. The molecule has 0 aliphatic carbocycles. The summed E-state index contributed by atoms with van der Waals surface area (Å²) in [6, 6.07) is 9.81. The van der Waals surface area contributed by atoms with Gasteiger partial charge in [0.25, 0.3) is 0 Å². The van der Waals surface area contributed by atoms with E-state index in [1.54, 1.807) is 6.20 Å². The molecule has 0 saturated carbocycles. The highest BCUT2D eigenvalue weighted by Gasteiger charge is 2.24. The monoisotopic (exact) mass is 402 g/mol. The molecule has 3 N–H and O–H groups in total. The predicted octanol–water partition coefficient (Wildman–Crippen LogP) is 3.84. The van der Waals surface area contributed by atoms with Crippen molar-refractivity contribution in [3.8, 4) is 0 Å². The number of H-pyrrole nitrogens is 1. The minimum Gasteiger partial charge on any atom is -0.381 e. The Hall–Kier alpha value is -3.52. The fraction of sp³-hybridized carbons (Fsp3) is 0.273. The van der Waals surface area contributed by atoms with Crippen molar-refractivity contribution in [1.29, 1.82) is 0 Å². The van der Waals surface area contributed by atoms with Gasteiger partial charge in [0.05, 0.1) is 29.2 Å². The molecule has 2 aromatic carbocycles. The van der Waals surface area contributed by atoms with E-state index < -0.39 is 0 Å². The number of hydrogen-bond acceptors (Lipinski definition) is 6. The van der Waals surface area contributed by atoms with Crippen molar-refractivity contribution in [2.45, 2.75) is 20.3 Å². The topological polar surface area (TPSA) is 105 Å². The van der Waals surface area contributed by atoms with Crippen LogP contribution >= 0.6 is 0 Å². The molecule has 152 valence electrons. The zero-order chi connectivity index (χ0) is 20.7. The highest BCUT2D eigenvalue weighted by Crippen LogP contribution is 2.29. The minimum absolute atomic E-state index is 0.0517. The van der Waals surface area contributed by atoms with Gasteiger partial charge in [-0.05, 0) is 38.0 Å². The van der Waals surface area contributed by atoms with E-state index in [1.807, 2.05) is 44.2 Å². The van der Waals surface area contributed by atoms with Crippen LogP contribution in [-0.2, 0) is 9.53 Å². The van der Waals surface area contributed by atoms with Crippen LogP contribution in [0.15, 0.2) is 36.5 Å². The SMILES string of the molecule is Cc1nc2c(NC(=O)C3CCOC3)cc(Nc3ncc4cccc(C)c4n3)cc2[nH]1. The average Bonchev–Trinajstić information content (AvgIpc) is 3.38. The van der Waals surface area contributed by atoms with Crippen LogP contribution in [0.4, 0.5) is 17.3 Å². The third-order valence-electron chi connectivity index (χ3n) is 5.33. The van der Waals surface area contributed by atoms with E-state index in [4.69, 9.17) is 4.74 Å². The van der Waals surface area contributed by atoms with Gasteiger partial charge in [0.15, 0.2) is 0 Å². The fourth-order valence-corrected chi connectivity index (χ4v) is 3.78. The number of aryl methyl sites for hydroxylation is 2. The molecule has 0 spiro atoms. The van der Waals surface area contributed by atoms with E-state index in [2.05, 4.69) is 30.6 Å². The number of ether oxygens (including phenoxy) is 1. The first-order valence-corrected chi connectivity index (χ1v) is 9.95. The van der Waals surface area contributed by atoms with E-state index in [0.717, 1.165) is 45.4 Å². The lowest BCUT2D eigenvalue weighted by molar-refractivity contribution is -0.119. The number of imidazole rings is 1. The third kappa shape index (κ3) is 3.46. The first-order chi connectivity index (χ1) is 14.6. The zero-order valence-corrected chi connectivity index (χ0v) is 16.8. The van der Waals surface area contributed by atoms with Crippen LogP contribution in [0.2, 0.25) is 0 Å². The Bertz CT molecular complexity index is 1260. The molecule has 1 aliphatic rings. The second kappa shape index (κ2) is 7.38. The molecule has 5 rings (SSSR count). The van der Waals surface area contributed by atoms with Crippen LogP contribution in [0.1, 0.15) is 17.8 Å². The first-order valence-electron chi connectivity index (χ1n) is 9.95. The normalized spacial score (nSPS) is 16.3. The Morgan fingerprint density at radius 3 is 2.93 bits per heavy atom. The van der Waals surface area contributed by atoms with Crippen molar-refractivity contribution in [2.75, 3.05) is 23.8 Å². The second-order valence-electron chi connectivity index (χ2n) is 7.62. The van der Waals surface area contributed by atoms with Gasteiger partial charge in [-0.2, -0.15) is 0 Å². The molecule has 1 aliphatic heterocycles. The summed E-state index contributed by atoms with van der Waals surface area (Å²) in [4.78, 5) is 29.5. The molecule has 1 atom stereocenters. The number of carbonyl (C=O) groups is 1. The van der Waals surface area contributed by atoms with Gasteiger partial charge in [-0.15, -0.1) is 0 Å². The van der Waals surface area contributed by atoms with Gasteiger partial charge in [0, 0.05) is 23.9 Å². The number of hydrogen-bond donors (Lipinski definition) is 3. The smallest absolute Gasteiger partial charge is 0.229 e. The molecule has 1 unspecified atom stereocenters. The van der Waals surface area contributed by atoms with Crippen molar-refractivity contribution in [3.05, 3.63) is 47.9 Å². The van der Waals surface area contributed by atoms with Crippen LogP contribution in [0.5, 0.6) is 0 Å². The van der Waals surface area contributed by atoms with Gasteiger partial charge in [0.2, 0.25) is 11.9 Å². The Labute approximate surface area is 173 Å². The van der Waals surface area contributed by atoms with Gasteiger partial charge in [-0.25, -0.2) is 15.0 Å². The number of amides is 1. The van der Waals surface area contributed by atoms with Gasteiger partial charge < -0.3 is 20.4 Å². The Morgan fingerprint density at radius 1 is 1.20 bits per heavy atom. The molecule has 2 aromatic heterocycles. The van der Waals surface area contributed by atoms with Crippen molar-refractivity contribution >= 4 is 45.2 Å². The second-order valence-corrected chi connectivity index (χ2v) is 7.62. The molecule has 1 fully saturated rings. The Morgan fingerprint density at radius 2 is 2.10 bits per heavy atom. The number of nitrogens with zero attached hydrogens (tertiary/aromatic N) is 3. The zero-order valence-electron chi connectivity index (χ0n) is 16.8. The quantitative estimate of drug-likeness (QED) is 0.479. The molecule has 3 heterocycles. The summed E-state index contributed by atoms with van der Waals surface area (Å²) in [5.41, 5.74) is 4.95. The molecule has 1 saturated heterocycles. The Balaban J connectivity index is 1.50. The predicted molar refractivity (Wildman–Crippen MR) is 116 cm³/mol. The maximum atomic E-state index is 12.6. The number of anilines is 3. The number of benzene rings is 2. The summed E-state index contributed by atoms with van der Waals surface area (Å²) in [6.45, 7) is 4.99. The standard InChI is InChI=1S/C22H22N6O2/c1-12-4-3-5-14-10-23-22(28-19(12)14)26-16-8-17-20(25-13(2)24-17)18(9-16)27-21(29)15-6-7-30-11-15/h3-5,8-10,15H,6-7,11H2,1-2H3,(H,24,25)(H,27,29)(H,23,26,28). The molecule has 30 heavy (non-hydrogen) atoms. The first kappa shape index (κ1) is 18.5. The number of aromatic amines is 1. The summed E-state index contributed by atoms with van der Waals surface area (Å²) in [7, 11) is 0. The number of para-hydroxylation sites is 1. The highest BCUT2D eigenvalue weighted by atomic mass is 16.5. The third-order valence-corrected chi connectivity index (χ3v) is 5.33. The van der Waals surface area contributed by atoms with E-state index in [-0.39, 0.29) is 11.8 Å². The maximum absolute atomic E-state index is 12.6. The van der Waals surface area contributed by atoms with Gasteiger partial charge >= 0.3 is 0 Å². The Kier molecular flexibility index (Phi) is 4.55. The molecule has 1 amide bonds. The summed E-state index contributed by atoms with van der Waals surface area (Å²) in [6.07, 6.45) is 2.54. The van der Waals surface area contributed by atoms with E-state index in [1.165, 1.54) is 0 Å². The van der Waals surface area contributed by atoms with Gasteiger partial charge in [-0.3, -0.25) is 4.79 Å². The molecular weight excluding hydrogens is 380 g/mol. The van der Waals surface area contributed by atoms with Crippen LogP contribution in [-0.4, -0.2) is 39.1 Å². The van der Waals surface area contributed by atoms with Crippen molar-refractivity contribution in [3.63, 3.8) is 0 Å². The minimum atomic E-state index is -0.136.